The number of ether oxygens (including phenoxy) is 1. The molecule has 4 rings (SSSR count). The number of carbonyl (C=O) groups is 2. The van der Waals surface area contributed by atoms with Crippen LogP contribution in [0.2, 0.25) is 0 Å². The number of benzene rings is 1. The number of halogens is 1. The molecule has 0 aliphatic carbocycles. The molecular formula is C20H21FN4O3. The van der Waals surface area contributed by atoms with Crippen molar-refractivity contribution in [3.8, 4) is 0 Å². The first kappa shape index (κ1) is 18.5. The molecular weight excluding hydrogens is 363 g/mol. The number of fused-ring (bicyclic) bond motifs is 1. The summed E-state index contributed by atoms with van der Waals surface area (Å²) in [6, 6.07) is 6.04. The van der Waals surface area contributed by atoms with Crippen molar-refractivity contribution in [3.05, 3.63) is 59.9 Å². The molecule has 2 aromatic rings. The van der Waals surface area contributed by atoms with E-state index in [1.54, 1.807) is 15.9 Å². The number of rotatable bonds is 4. The predicted molar refractivity (Wildman–Crippen MR) is 97.6 cm³/mol. The number of methoxy groups -OCH3 is 1. The zero-order valence-corrected chi connectivity index (χ0v) is 15.5. The quantitative estimate of drug-likeness (QED) is 0.799. The summed E-state index contributed by atoms with van der Waals surface area (Å²) in [6.45, 7) is 1.51. The van der Waals surface area contributed by atoms with Crippen molar-refractivity contribution < 1.29 is 18.7 Å². The average molecular weight is 384 g/mol. The first-order valence-corrected chi connectivity index (χ1v) is 9.17. The molecule has 7 nitrogen and oxygen atoms in total. The van der Waals surface area contributed by atoms with E-state index >= 15 is 0 Å². The number of likely N-dealkylation sites (tertiary alicyclic amines) is 2. The molecule has 2 amide bonds. The maximum Gasteiger partial charge on any atom is 0.274 e. The first-order chi connectivity index (χ1) is 13.6. The fraction of sp³-hybridized carbons (Fsp3) is 0.400. The van der Waals surface area contributed by atoms with Crippen LogP contribution in [-0.4, -0.2) is 64.9 Å². The second kappa shape index (κ2) is 7.63. The molecule has 0 unspecified atom stereocenters. The van der Waals surface area contributed by atoms with E-state index in [-0.39, 0.29) is 42.1 Å². The van der Waals surface area contributed by atoms with E-state index in [1.807, 2.05) is 6.07 Å². The van der Waals surface area contributed by atoms with Crippen LogP contribution < -0.4 is 0 Å². The Bertz CT molecular complexity index is 879. The van der Waals surface area contributed by atoms with Crippen molar-refractivity contribution >= 4 is 11.8 Å². The second-order valence-electron chi connectivity index (χ2n) is 7.20. The first-order valence-electron chi connectivity index (χ1n) is 9.17. The molecule has 0 saturated carbocycles. The number of nitrogens with zero attached hydrogens (tertiary/aromatic N) is 4. The highest BCUT2D eigenvalue weighted by atomic mass is 19.1. The third-order valence-electron chi connectivity index (χ3n) is 5.51. The largest absolute Gasteiger partial charge is 0.375 e. The van der Waals surface area contributed by atoms with Gasteiger partial charge in [0.05, 0.1) is 12.2 Å². The lowest BCUT2D eigenvalue weighted by atomic mass is 9.89. The van der Waals surface area contributed by atoms with Crippen molar-refractivity contribution in [2.45, 2.75) is 6.04 Å². The van der Waals surface area contributed by atoms with Gasteiger partial charge in [0.1, 0.15) is 18.1 Å². The smallest absolute Gasteiger partial charge is 0.274 e. The molecule has 146 valence electrons. The summed E-state index contributed by atoms with van der Waals surface area (Å²) in [5, 5.41) is 0. The monoisotopic (exact) mass is 384 g/mol. The van der Waals surface area contributed by atoms with Gasteiger partial charge in [-0.1, -0.05) is 12.1 Å². The average Bonchev–Trinajstić information content (AvgIpc) is 3.26. The van der Waals surface area contributed by atoms with Crippen molar-refractivity contribution in [1.29, 1.82) is 0 Å². The van der Waals surface area contributed by atoms with E-state index in [9.17, 15) is 14.0 Å². The fourth-order valence-corrected chi connectivity index (χ4v) is 4.36. The van der Waals surface area contributed by atoms with E-state index in [1.165, 1.54) is 37.8 Å². The van der Waals surface area contributed by atoms with Crippen LogP contribution in [0.25, 0.3) is 0 Å². The molecule has 28 heavy (non-hydrogen) atoms. The van der Waals surface area contributed by atoms with Gasteiger partial charge in [-0.3, -0.25) is 14.6 Å². The highest BCUT2D eigenvalue weighted by Crippen LogP contribution is 2.45. The zero-order chi connectivity index (χ0) is 19.7. The van der Waals surface area contributed by atoms with E-state index < -0.39 is 0 Å². The van der Waals surface area contributed by atoms with Crippen molar-refractivity contribution in [1.82, 2.24) is 19.8 Å². The minimum Gasteiger partial charge on any atom is -0.375 e. The molecule has 3 atom stereocenters. The van der Waals surface area contributed by atoms with Crippen LogP contribution in [0.5, 0.6) is 0 Å². The Balaban J connectivity index is 1.60. The number of hydrogen-bond donors (Lipinski definition) is 0. The lowest BCUT2D eigenvalue weighted by molar-refractivity contribution is -0.136. The Labute approximate surface area is 162 Å². The molecule has 0 radical (unpaired) electrons. The van der Waals surface area contributed by atoms with Gasteiger partial charge in [-0.25, -0.2) is 9.37 Å². The molecule has 2 aliphatic heterocycles. The molecule has 3 heterocycles. The maximum atomic E-state index is 13.9. The minimum absolute atomic E-state index is 0.0203. The Morgan fingerprint density at radius 1 is 1.25 bits per heavy atom. The van der Waals surface area contributed by atoms with Gasteiger partial charge < -0.3 is 14.5 Å². The van der Waals surface area contributed by atoms with Crippen LogP contribution in [0.3, 0.4) is 0 Å². The third kappa shape index (κ3) is 3.35. The van der Waals surface area contributed by atoms with E-state index in [4.69, 9.17) is 4.74 Å². The Morgan fingerprint density at radius 3 is 2.82 bits per heavy atom. The fourth-order valence-electron chi connectivity index (χ4n) is 4.36. The van der Waals surface area contributed by atoms with Gasteiger partial charge in [0.25, 0.3) is 5.91 Å². The molecule has 0 N–H and O–H groups in total. The van der Waals surface area contributed by atoms with Gasteiger partial charge in [-0.05, 0) is 17.7 Å². The van der Waals surface area contributed by atoms with E-state index in [0.717, 1.165) is 5.56 Å². The predicted octanol–water partition coefficient (Wildman–Crippen LogP) is 1.53. The highest BCUT2D eigenvalue weighted by molar-refractivity contribution is 5.92. The second-order valence-corrected chi connectivity index (χ2v) is 7.20. The lowest BCUT2D eigenvalue weighted by Crippen LogP contribution is -2.39. The molecule has 8 heteroatoms. The molecule has 2 aliphatic rings. The van der Waals surface area contributed by atoms with E-state index in [2.05, 4.69) is 9.97 Å². The van der Waals surface area contributed by atoms with Crippen LogP contribution in [-0.2, 0) is 9.53 Å². The minimum atomic E-state index is -0.342. The number of amides is 2. The molecule has 2 fully saturated rings. The Morgan fingerprint density at radius 2 is 2.11 bits per heavy atom. The van der Waals surface area contributed by atoms with Crippen LogP contribution in [0.1, 0.15) is 22.1 Å². The molecule has 2 saturated heterocycles. The van der Waals surface area contributed by atoms with Crippen molar-refractivity contribution in [2.75, 3.05) is 33.4 Å². The summed E-state index contributed by atoms with van der Waals surface area (Å²) in [4.78, 5) is 36.9. The summed E-state index contributed by atoms with van der Waals surface area (Å²) in [7, 11) is 1.48. The van der Waals surface area contributed by atoms with Crippen molar-refractivity contribution in [2.24, 2.45) is 11.8 Å². The summed E-state index contributed by atoms with van der Waals surface area (Å²) in [6.07, 6.45) is 4.47. The summed E-state index contributed by atoms with van der Waals surface area (Å²) >= 11 is 0. The molecule has 1 aromatic carbocycles. The maximum absolute atomic E-state index is 13.9. The molecule has 1 aromatic heterocycles. The van der Waals surface area contributed by atoms with Gasteiger partial charge in [-0.15, -0.1) is 0 Å². The highest BCUT2D eigenvalue weighted by Gasteiger charge is 2.50. The molecule has 0 spiro atoms. The van der Waals surface area contributed by atoms with Gasteiger partial charge in [-0.2, -0.15) is 0 Å². The summed E-state index contributed by atoms with van der Waals surface area (Å²) in [5.41, 5.74) is 1.04. The SMILES string of the molecule is COCC(=O)N1C[C@H]2CN(C(=O)c3cnccn3)C[C@H]2[C@@H]1c1cccc(F)c1. The van der Waals surface area contributed by atoms with Crippen LogP contribution >= 0.6 is 0 Å². The van der Waals surface area contributed by atoms with Gasteiger partial charge >= 0.3 is 0 Å². The van der Waals surface area contributed by atoms with Crippen LogP contribution in [0.15, 0.2) is 42.9 Å². The number of aromatic nitrogens is 2. The Hall–Kier alpha value is -2.87. The van der Waals surface area contributed by atoms with Gasteiger partial charge in [0, 0.05) is 51.0 Å². The summed E-state index contributed by atoms with van der Waals surface area (Å²) < 4.78 is 18.9. The van der Waals surface area contributed by atoms with Crippen molar-refractivity contribution in [3.63, 3.8) is 0 Å². The summed E-state index contributed by atoms with van der Waals surface area (Å²) in [5.74, 6) is -0.489. The third-order valence-corrected chi connectivity index (χ3v) is 5.51. The molecule has 0 bridgehead atoms. The van der Waals surface area contributed by atoms with E-state index in [0.29, 0.717) is 25.3 Å². The number of carbonyl (C=O) groups excluding carboxylic acids is 2. The standard InChI is InChI=1S/C20H21FN4O3/c1-28-12-18(26)25-10-14-9-24(20(27)17-8-22-5-6-23-17)11-16(14)19(25)13-3-2-4-15(21)7-13/h2-8,14,16,19H,9-12H2,1H3/t14-,16-,19+/m1/s1. The van der Waals surface area contributed by atoms with Crippen LogP contribution in [0.4, 0.5) is 4.39 Å². The normalized spacial score (nSPS) is 23.7. The topological polar surface area (TPSA) is 75.6 Å². The number of hydrogen-bond acceptors (Lipinski definition) is 5. The van der Waals surface area contributed by atoms with Crippen LogP contribution in [0, 0.1) is 17.7 Å². The van der Waals surface area contributed by atoms with Gasteiger partial charge in [0.15, 0.2) is 0 Å². The lowest BCUT2D eigenvalue weighted by Gasteiger charge is -2.30. The zero-order valence-electron chi connectivity index (χ0n) is 15.5. The Kier molecular flexibility index (Phi) is 5.04. The van der Waals surface area contributed by atoms with Gasteiger partial charge in [0.2, 0.25) is 5.91 Å².